The fourth-order valence-corrected chi connectivity index (χ4v) is 3.02. The number of aromatic nitrogens is 2. The van der Waals surface area contributed by atoms with Crippen LogP contribution in [0.2, 0.25) is 0 Å². The molecule has 116 valence electrons. The van der Waals surface area contributed by atoms with Crippen LogP contribution in [0, 0.1) is 0 Å². The number of nitrogens with zero attached hydrogens (tertiary/aromatic N) is 4. The zero-order chi connectivity index (χ0) is 15.6. The molecule has 3 aromatic rings. The number of rotatable bonds is 2. The summed E-state index contributed by atoms with van der Waals surface area (Å²) in [6, 6.07) is 16.9. The van der Waals surface area contributed by atoms with E-state index in [0.29, 0.717) is 0 Å². The number of fused-ring (bicyclic) bond motifs is 1. The van der Waals surface area contributed by atoms with E-state index in [1.165, 1.54) is 10.8 Å². The van der Waals surface area contributed by atoms with Crippen LogP contribution in [-0.2, 0) is 0 Å². The molecule has 0 aliphatic carbocycles. The molecule has 1 aliphatic rings. The molecule has 4 rings (SSSR count). The molecular formula is C19H20N4. The molecular weight excluding hydrogens is 284 g/mol. The van der Waals surface area contributed by atoms with Crippen LogP contribution in [0.5, 0.6) is 0 Å². The molecule has 2 aromatic carbocycles. The molecule has 0 amide bonds. The van der Waals surface area contributed by atoms with Gasteiger partial charge in [0, 0.05) is 37.9 Å². The first-order valence-corrected chi connectivity index (χ1v) is 8.05. The van der Waals surface area contributed by atoms with Gasteiger partial charge in [-0.3, -0.25) is 0 Å². The Labute approximate surface area is 136 Å². The summed E-state index contributed by atoms with van der Waals surface area (Å²) in [6.07, 6.45) is 1.87. The fourth-order valence-electron chi connectivity index (χ4n) is 3.02. The van der Waals surface area contributed by atoms with Crippen molar-refractivity contribution in [2.24, 2.45) is 0 Å². The van der Waals surface area contributed by atoms with Crippen LogP contribution in [-0.4, -0.2) is 48.1 Å². The average molecular weight is 304 g/mol. The van der Waals surface area contributed by atoms with E-state index in [4.69, 9.17) is 4.98 Å². The Morgan fingerprint density at radius 3 is 2.48 bits per heavy atom. The van der Waals surface area contributed by atoms with Crippen LogP contribution in [0.1, 0.15) is 0 Å². The second-order valence-corrected chi connectivity index (χ2v) is 6.09. The molecule has 0 bridgehead atoms. The van der Waals surface area contributed by atoms with Gasteiger partial charge in [0.15, 0.2) is 0 Å². The summed E-state index contributed by atoms with van der Waals surface area (Å²) in [7, 11) is 2.16. The highest BCUT2D eigenvalue weighted by Crippen LogP contribution is 2.24. The Morgan fingerprint density at radius 2 is 1.65 bits per heavy atom. The number of hydrogen-bond donors (Lipinski definition) is 0. The van der Waals surface area contributed by atoms with E-state index < -0.39 is 0 Å². The monoisotopic (exact) mass is 304 g/mol. The van der Waals surface area contributed by atoms with Crippen molar-refractivity contribution in [3.63, 3.8) is 0 Å². The van der Waals surface area contributed by atoms with Gasteiger partial charge in [0.2, 0.25) is 5.95 Å². The Hall–Kier alpha value is -2.46. The van der Waals surface area contributed by atoms with E-state index in [1.54, 1.807) is 0 Å². The van der Waals surface area contributed by atoms with Crippen molar-refractivity contribution in [2.75, 3.05) is 38.1 Å². The normalized spacial score (nSPS) is 16.0. The van der Waals surface area contributed by atoms with Gasteiger partial charge in [0.05, 0.1) is 5.69 Å². The third-order valence-electron chi connectivity index (χ3n) is 4.47. The lowest BCUT2D eigenvalue weighted by atomic mass is 10.1. The van der Waals surface area contributed by atoms with Crippen molar-refractivity contribution in [3.8, 4) is 11.3 Å². The van der Waals surface area contributed by atoms with E-state index in [0.717, 1.165) is 43.4 Å². The van der Waals surface area contributed by atoms with Crippen molar-refractivity contribution >= 4 is 16.7 Å². The van der Waals surface area contributed by atoms with Gasteiger partial charge in [-0.25, -0.2) is 9.97 Å². The first kappa shape index (κ1) is 14.2. The zero-order valence-corrected chi connectivity index (χ0v) is 13.3. The summed E-state index contributed by atoms with van der Waals surface area (Å²) < 4.78 is 0. The molecule has 1 aromatic heterocycles. The first-order chi connectivity index (χ1) is 11.3. The molecule has 1 fully saturated rings. The van der Waals surface area contributed by atoms with Gasteiger partial charge in [0.1, 0.15) is 0 Å². The van der Waals surface area contributed by atoms with E-state index >= 15 is 0 Å². The molecule has 1 aliphatic heterocycles. The molecule has 0 N–H and O–H groups in total. The van der Waals surface area contributed by atoms with Gasteiger partial charge in [-0.1, -0.05) is 36.4 Å². The summed E-state index contributed by atoms with van der Waals surface area (Å²) in [5.74, 6) is 0.837. The minimum absolute atomic E-state index is 0.837. The Morgan fingerprint density at radius 1 is 0.870 bits per heavy atom. The number of likely N-dealkylation sites (N-methyl/N-ethyl adjacent to an activating group) is 1. The highest BCUT2D eigenvalue weighted by atomic mass is 15.3. The lowest BCUT2D eigenvalue weighted by Gasteiger charge is -2.32. The SMILES string of the molecule is CN1CCN(c2nccc(-c3ccc4ccccc4c3)n2)CC1. The maximum atomic E-state index is 4.79. The lowest BCUT2D eigenvalue weighted by Crippen LogP contribution is -2.45. The van der Waals surface area contributed by atoms with E-state index in [1.807, 2.05) is 12.3 Å². The van der Waals surface area contributed by atoms with Crippen LogP contribution < -0.4 is 4.90 Å². The third-order valence-corrected chi connectivity index (χ3v) is 4.47. The van der Waals surface area contributed by atoms with E-state index in [-0.39, 0.29) is 0 Å². The number of piperazine rings is 1. The van der Waals surface area contributed by atoms with Crippen molar-refractivity contribution in [2.45, 2.75) is 0 Å². The van der Waals surface area contributed by atoms with Gasteiger partial charge in [-0.05, 0) is 30.0 Å². The van der Waals surface area contributed by atoms with Crippen LogP contribution in [0.15, 0.2) is 54.7 Å². The standard InChI is InChI=1S/C19H20N4/c1-22-10-12-23(13-11-22)19-20-9-8-18(21-19)17-7-6-15-4-2-3-5-16(15)14-17/h2-9,14H,10-13H2,1H3. The highest BCUT2D eigenvalue weighted by molar-refractivity contribution is 5.86. The molecule has 0 radical (unpaired) electrons. The van der Waals surface area contributed by atoms with Crippen LogP contribution in [0.25, 0.3) is 22.0 Å². The summed E-state index contributed by atoms with van der Waals surface area (Å²) >= 11 is 0. The number of hydrogen-bond acceptors (Lipinski definition) is 4. The van der Waals surface area contributed by atoms with Crippen molar-refractivity contribution in [1.82, 2.24) is 14.9 Å². The maximum absolute atomic E-state index is 4.79. The second kappa shape index (κ2) is 5.97. The van der Waals surface area contributed by atoms with Gasteiger partial charge in [-0.15, -0.1) is 0 Å². The Bertz CT molecular complexity index is 822. The maximum Gasteiger partial charge on any atom is 0.225 e. The number of anilines is 1. The van der Waals surface area contributed by atoms with Crippen molar-refractivity contribution in [1.29, 1.82) is 0 Å². The third kappa shape index (κ3) is 2.90. The minimum atomic E-state index is 0.837. The molecule has 4 nitrogen and oxygen atoms in total. The predicted molar refractivity (Wildman–Crippen MR) is 94.7 cm³/mol. The molecule has 2 heterocycles. The Kier molecular flexibility index (Phi) is 3.67. The van der Waals surface area contributed by atoms with Crippen LogP contribution in [0.3, 0.4) is 0 Å². The Balaban J connectivity index is 1.67. The summed E-state index contributed by atoms with van der Waals surface area (Å²) in [4.78, 5) is 13.9. The van der Waals surface area contributed by atoms with Crippen molar-refractivity contribution in [3.05, 3.63) is 54.7 Å². The average Bonchev–Trinajstić information content (AvgIpc) is 2.62. The summed E-state index contributed by atoms with van der Waals surface area (Å²) in [5, 5.41) is 2.49. The summed E-state index contributed by atoms with van der Waals surface area (Å²) in [6.45, 7) is 4.09. The topological polar surface area (TPSA) is 32.3 Å². The molecule has 4 heteroatoms. The fraction of sp³-hybridized carbons (Fsp3) is 0.263. The molecule has 1 saturated heterocycles. The van der Waals surface area contributed by atoms with E-state index in [9.17, 15) is 0 Å². The minimum Gasteiger partial charge on any atom is -0.338 e. The molecule has 23 heavy (non-hydrogen) atoms. The smallest absolute Gasteiger partial charge is 0.225 e. The molecule has 0 atom stereocenters. The largest absolute Gasteiger partial charge is 0.338 e. The molecule has 0 saturated carbocycles. The first-order valence-electron chi connectivity index (χ1n) is 8.05. The lowest BCUT2D eigenvalue weighted by molar-refractivity contribution is 0.311. The molecule has 0 unspecified atom stereocenters. The molecule has 0 spiro atoms. The van der Waals surface area contributed by atoms with Gasteiger partial charge in [0.25, 0.3) is 0 Å². The predicted octanol–water partition coefficient (Wildman–Crippen LogP) is 3.05. The van der Waals surface area contributed by atoms with E-state index in [2.05, 4.69) is 64.3 Å². The van der Waals surface area contributed by atoms with Gasteiger partial charge < -0.3 is 9.80 Å². The van der Waals surface area contributed by atoms with Crippen LogP contribution >= 0.6 is 0 Å². The van der Waals surface area contributed by atoms with Crippen molar-refractivity contribution < 1.29 is 0 Å². The second-order valence-electron chi connectivity index (χ2n) is 6.09. The summed E-state index contributed by atoms with van der Waals surface area (Å²) in [5.41, 5.74) is 2.13. The van der Waals surface area contributed by atoms with Gasteiger partial charge in [-0.2, -0.15) is 0 Å². The quantitative estimate of drug-likeness (QED) is 0.728. The highest BCUT2D eigenvalue weighted by Gasteiger charge is 2.16. The van der Waals surface area contributed by atoms with Crippen LogP contribution in [0.4, 0.5) is 5.95 Å². The van der Waals surface area contributed by atoms with Gasteiger partial charge >= 0.3 is 0 Å². The number of benzene rings is 2. The zero-order valence-electron chi connectivity index (χ0n) is 13.3.